The van der Waals surface area contributed by atoms with Crippen LogP contribution in [0.15, 0.2) is 48.5 Å². The van der Waals surface area contributed by atoms with E-state index < -0.39 is 0 Å². The third-order valence-electron chi connectivity index (χ3n) is 2.17. The summed E-state index contributed by atoms with van der Waals surface area (Å²) >= 11 is 0. The highest BCUT2D eigenvalue weighted by Crippen LogP contribution is 1.99. The summed E-state index contributed by atoms with van der Waals surface area (Å²) in [6, 6.07) is 14.8. The Balaban J connectivity index is 0.000000283. The minimum atomic E-state index is -0.162. The fraction of sp³-hybridized carbons (Fsp3) is 0.250. The minimum Gasteiger partial charge on any atom is -0.207 e. The molecule has 0 aromatic heterocycles. The molecule has 0 fully saturated rings. The van der Waals surface area contributed by atoms with Crippen molar-refractivity contribution in [1.82, 2.24) is 0 Å². The first kappa shape index (κ1) is 16.8. The molecule has 0 aliphatic heterocycles. The summed E-state index contributed by atoms with van der Waals surface area (Å²) < 4.78 is 12.2. The van der Waals surface area contributed by atoms with Crippen LogP contribution in [-0.4, -0.2) is 0 Å². The molecule has 1 unspecified atom stereocenters. The molecular weight excluding hydrogens is 242 g/mol. The lowest BCUT2D eigenvalue weighted by atomic mass is 10.2. The standard InChI is InChI=1S/C7H7F.C7H9P.C2H6/c1-6-3-2-4-7(8)5-6;1-6-4-2-3-5-7(6)8;1-2/h2-5H,1H3;2-5H,8H2,1H3;1-2H3. The topological polar surface area (TPSA) is 0 Å². The van der Waals surface area contributed by atoms with Crippen molar-refractivity contribution < 1.29 is 4.39 Å². The lowest BCUT2D eigenvalue weighted by Gasteiger charge is -1.93. The monoisotopic (exact) mass is 264 g/mol. The van der Waals surface area contributed by atoms with Gasteiger partial charge in [0.25, 0.3) is 0 Å². The fourth-order valence-electron chi connectivity index (χ4n) is 1.19. The molecule has 0 saturated carbocycles. The van der Waals surface area contributed by atoms with E-state index in [1.54, 1.807) is 6.07 Å². The minimum absolute atomic E-state index is 0.162. The number of benzene rings is 2. The van der Waals surface area contributed by atoms with Crippen LogP contribution >= 0.6 is 9.24 Å². The summed E-state index contributed by atoms with van der Waals surface area (Å²) in [5.74, 6) is -0.162. The fourth-order valence-corrected chi connectivity index (χ4v) is 1.40. The average molecular weight is 264 g/mol. The predicted molar refractivity (Wildman–Crippen MR) is 83.0 cm³/mol. The van der Waals surface area contributed by atoms with Gasteiger partial charge in [0.2, 0.25) is 0 Å². The van der Waals surface area contributed by atoms with Crippen molar-refractivity contribution in [3.8, 4) is 0 Å². The summed E-state index contributed by atoms with van der Waals surface area (Å²) in [7, 11) is 2.69. The van der Waals surface area contributed by atoms with Crippen LogP contribution in [0.1, 0.15) is 25.0 Å². The molecule has 1 atom stereocenters. The average Bonchev–Trinajstić information content (AvgIpc) is 2.36. The van der Waals surface area contributed by atoms with Gasteiger partial charge < -0.3 is 0 Å². The Kier molecular flexibility index (Phi) is 9.14. The van der Waals surface area contributed by atoms with Gasteiger partial charge in [-0.1, -0.05) is 50.2 Å². The molecule has 0 bridgehead atoms. The highest BCUT2D eigenvalue weighted by atomic mass is 31.0. The van der Waals surface area contributed by atoms with Gasteiger partial charge in [0, 0.05) is 0 Å². The summed E-state index contributed by atoms with van der Waals surface area (Å²) in [5.41, 5.74) is 2.29. The lowest BCUT2D eigenvalue weighted by Crippen LogP contribution is -1.92. The molecule has 0 heterocycles. The highest BCUT2D eigenvalue weighted by Gasteiger charge is 1.85. The van der Waals surface area contributed by atoms with E-state index in [2.05, 4.69) is 28.3 Å². The van der Waals surface area contributed by atoms with E-state index in [1.807, 2.05) is 39.0 Å². The molecular formula is C16H22FP. The molecule has 2 aromatic carbocycles. The normalized spacial score (nSPS) is 8.56. The van der Waals surface area contributed by atoms with Crippen LogP contribution < -0.4 is 5.30 Å². The third-order valence-corrected chi connectivity index (χ3v) is 2.82. The van der Waals surface area contributed by atoms with Crippen molar-refractivity contribution in [2.24, 2.45) is 0 Å². The molecule has 18 heavy (non-hydrogen) atoms. The van der Waals surface area contributed by atoms with Gasteiger partial charge in [-0.15, -0.1) is 9.24 Å². The molecule has 0 amide bonds. The number of hydrogen-bond acceptors (Lipinski definition) is 0. The van der Waals surface area contributed by atoms with Crippen molar-refractivity contribution in [2.45, 2.75) is 27.7 Å². The zero-order valence-corrected chi connectivity index (χ0v) is 12.7. The zero-order valence-electron chi connectivity index (χ0n) is 11.6. The second-order valence-electron chi connectivity index (χ2n) is 3.66. The van der Waals surface area contributed by atoms with Crippen LogP contribution in [0.5, 0.6) is 0 Å². The maximum Gasteiger partial charge on any atom is 0.123 e. The smallest absolute Gasteiger partial charge is 0.123 e. The maximum atomic E-state index is 12.2. The molecule has 0 aliphatic rings. The molecule has 98 valence electrons. The number of aryl methyl sites for hydroxylation is 2. The number of halogens is 1. The molecule has 0 radical (unpaired) electrons. The highest BCUT2D eigenvalue weighted by molar-refractivity contribution is 7.27. The summed E-state index contributed by atoms with van der Waals surface area (Å²) in [6.45, 7) is 7.96. The van der Waals surface area contributed by atoms with Crippen molar-refractivity contribution in [3.05, 3.63) is 65.5 Å². The molecule has 2 rings (SSSR count). The number of rotatable bonds is 0. The Labute approximate surface area is 112 Å². The van der Waals surface area contributed by atoms with Crippen molar-refractivity contribution in [1.29, 1.82) is 0 Å². The third kappa shape index (κ3) is 7.19. The van der Waals surface area contributed by atoms with E-state index in [0.29, 0.717) is 0 Å². The van der Waals surface area contributed by atoms with Crippen LogP contribution in [-0.2, 0) is 0 Å². The quantitative estimate of drug-likeness (QED) is 0.607. The Morgan fingerprint density at radius 2 is 1.50 bits per heavy atom. The van der Waals surface area contributed by atoms with E-state index in [9.17, 15) is 4.39 Å². The summed E-state index contributed by atoms with van der Waals surface area (Å²) in [5, 5.41) is 1.28. The van der Waals surface area contributed by atoms with Gasteiger partial charge >= 0.3 is 0 Å². The molecule has 2 aromatic rings. The maximum absolute atomic E-state index is 12.2. The Morgan fingerprint density at radius 1 is 0.889 bits per heavy atom. The Bertz CT molecular complexity index is 414. The second kappa shape index (κ2) is 9.79. The van der Waals surface area contributed by atoms with Gasteiger partial charge in [0.05, 0.1) is 0 Å². The first-order chi connectivity index (χ1) is 8.59. The predicted octanol–water partition coefficient (Wildman–Crippen LogP) is 4.66. The molecule has 0 saturated heterocycles. The van der Waals surface area contributed by atoms with E-state index in [-0.39, 0.29) is 5.82 Å². The van der Waals surface area contributed by atoms with Crippen LogP contribution in [0.3, 0.4) is 0 Å². The van der Waals surface area contributed by atoms with Crippen LogP contribution in [0.4, 0.5) is 4.39 Å². The Morgan fingerprint density at radius 3 is 1.83 bits per heavy atom. The van der Waals surface area contributed by atoms with E-state index >= 15 is 0 Å². The SMILES string of the molecule is CC.Cc1cccc(F)c1.Cc1ccccc1P. The summed E-state index contributed by atoms with van der Waals surface area (Å²) in [4.78, 5) is 0. The van der Waals surface area contributed by atoms with Crippen LogP contribution in [0, 0.1) is 19.7 Å². The summed E-state index contributed by atoms with van der Waals surface area (Å²) in [6.07, 6.45) is 0. The molecule has 2 heteroatoms. The molecule has 0 N–H and O–H groups in total. The van der Waals surface area contributed by atoms with Gasteiger partial charge in [-0.05, 0) is 42.4 Å². The second-order valence-corrected chi connectivity index (χ2v) is 4.28. The van der Waals surface area contributed by atoms with Gasteiger partial charge in [0.15, 0.2) is 0 Å². The van der Waals surface area contributed by atoms with E-state index in [4.69, 9.17) is 0 Å². The first-order valence-corrected chi connectivity index (χ1v) is 6.70. The van der Waals surface area contributed by atoms with Gasteiger partial charge in [0.1, 0.15) is 5.82 Å². The molecule has 0 aliphatic carbocycles. The lowest BCUT2D eigenvalue weighted by molar-refractivity contribution is 0.626. The van der Waals surface area contributed by atoms with E-state index in [0.717, 1.165) is 5.56 Å². The largest absolute Gasteiger partial charge is 0.207 e. The van der Waals surface area contributed by atoms with E-state index in [1.165, 1.54) is 23.0 Å². The van der Waals surface area contributed by atoms with Gasteiger partial charge in [-0.25, -0.2) is 4.39 Å². The van der Waals surface area contributed by atoms with Crippen molar-refractivity contribution in [3.63, 3.8) is 0 Å². The van der Waals surface area contributed by atoms with Gasteiger partial charge in [-0.2, -0.15) is 0 Å². The van der Waals surface area contributed by atoms with Gasteiger partial charge in [-0.3, -0.25) is 0 Å². The molecule has 0 spiro atoms. The number of hydrogen-bond donors (Lipinski definition) is 0. The van der Waals surface area contributed by atoms with Crippen molar-refractivity contribution >= 4 is 14.5 Å². The first-order valence-electron chi connectivity index (χ1n) is 6.13. The molecule has 0 nitrogen and oxygen atoms in total. The Hall–Kier alpha value is -1.20. The zero-order chi connectivity index (χ0) is 14.0. The van der Waals surface area contributed by atoms with Crippen LogP contribution in [0.25, 0.3) is 0 Å². The van der Waals surface area contributed by atoms with Crippen molar-refractivity contribution in [2.75, 3.05) is 0 Å². The van der Waals surface area contributed by atoms with Crippen LogP contribution in [0.2, 0.25) is 0 Å².